The molecule has 0 amide bonds. The summed E-state index contributed by atoms with van der Waals surface area (Å²) in [6.07, 6.45) is -2.34. The number of hydrogen-bond acceptors (Lipinski definition) is 3. The molecule has 3 nitrogen and oxygen atoms in total. The number of pyridine rings is 1. The smallest absolute Gasteiger partial charge is 0.250 e. The van der Waals surface area contributed by atoms with Crippen LogP contribution in [0.1, 0.15) is 5.56 Å². The SMILES string of the molecule is FC(F)(F)c1cnc2nc(Br)cnc2c1. The average molecular weight is 278 g/mol. The summed E-state index contributed by atoms with van der Waals surface area (Å²) >= 11 is 3.05. The lowest BCUT2D eigenvalue weighted by molar-refractivity contribution is -0.137. The van der Waals surface area contributed by atoms with Gasteiger partial charge in [-0.25, -0.2) is 9.97 Å². The highest BCUT2D eigenvalue weighted by Crippen LogP contribution is 2.29. The predicted molar refractivity (Wildman–Crippen MR) is 50.0 cm³/mol. The number of aromatic nitrogens is 3. The molecular formula is C8H3BrF3N3. The normalized spacial score (nSPS) is 12.0. The molecule has 2 aromatic rings. The highest BCUT2D eigenvalue weighted by molar-refractivity contribution is 9.10. The van der Waals surface area contributed by atoms with E-state index < -0.39 is 11.7 Å². The van der Waals surface area contributed by atoms with Crippen molar-refractivity contribution in [2.45, 2.75) is 6.18 Å². The Labute approximate surface area is 90.5 Å². The van der Waals surface area contributed by atoms with Crippen molar-refractivity contribution in [1.29, 1.82) is 0 Å². The van der Waals surface area contributed by atoms with Crippen LogP contribution in [0.3, 0.4) is 0 Å². The molecule has 2 rings (SSSR count). The Morgan fingerprint density at radius 2 is 1.87 bits per heavy atom. The van der Waals surface area contributed by atoms with Crippen LogP contribution in [0.5, 0.6) is 0 Å². The summed E-state index contributed by atoms with van der Waals surface area (Å²) in [7, 11) is 0. The third-order valence-electron chi connectivity index (χ3n) is 1.70. The lowest BCUT2D eigenvalue weighted by Crippen LogP contribution is -2.05. The van der Waals surface area contributed by atoms with E-state index in [1.165, 1.54) is 6.20 Å². The molecule has 0 aromatic carbocycles. The van der Waals surface area contributed by atoms with Gasteiger partial charge in [-0.2, -0.15) is 13.2 Å². The minimum absolute atomic E-state index is 0.119. The van der Waals surface area contributed by atoms with Crippen molar-refractivity contribution in [2.75, 3.05) is 0 Å². The fourth-order valence-corrected chi connectivity index (χ4v) is 1.31. The van der Waals surface area contributed by atoms with Gasteiger partial charge >= 0.3 is 6.18 Å². The molecule has 0 unspecified atom stereocenters. The van der Waals surface area contributed by atoms with Gasteiger partial charge < -0.3 is 0 Å². The van der Waals surface area contributed by atoms with Gasteiger partial charge in [-0.3, -0.25) is 4.98 Å². The van der Waals surface area contributed by atoms with Gasteiger partial charge in [0.25, 0.3) is 0 Å². The molecule has 0 aliphatic heterocycles. The van der Waals surface area contributed by atoms with E-state index in [0.29, 0.717) is 4.60 Å². The van der Waals surface area contributed by atoms with Crippen LogP contribution in [0.4, 0.5) is 13.2 Å². The van der Waals surface area contributed by atoms with E-state index >= 15 is 0 Å². The van der Waals surface area contributed by atoms with Gasteiger partial charge in [0.1, 0.15) is 10.1 Å². The molecule has 0 N–H and O–H groups in total. The van der Waals surface area contributed by atoms with E-state index in [2.05, 4.69) is 30.9 Å². The van der Waals surface area contributed by atoms with Crippen molar-refractivity contribution in [3.63, 3.8) is 0 Å². The van der Waals surface area contributed by atoms with Crippen LogP contribution in [0.25, 0.3) is 11.2 Å². The number of hydrogen-bond donors (Lipinski definition) is 0. The maximum atomic E-state index is 12.3. The summed E-state index contributed by atoms with van der Waals surface area (Å²) in [6.45, 7) is 0. The molecule has 0 radical (unpaired) electrons. The predicted octanol–water partition coefficient (Wildman–Crippen LogP) is 2.81. The second-order valence-corrected chi connectivity index (χ2v) is 3.57. The van der Waals surface area contributed by atoms with Crippen LogP contribution in [0.2, 0.25) is 0 Å². The molecule has 78 valence electrons. The van der Waals surface area contributed by atoms with Gasteiger partial charge in [0.2, 0.25) is 0 Å². The minimum atomic E-state index is -4.41. The molecule has 15 heavy (non-hydrogen) atoms. The number of alkyl halides is 3. The average Bonchev–Trinajstić information content (AvgIpc) is 2.15. The zero-order chi connectivity index (χ0) is 11.1. The Morgan fingerprint density at radius 3 is 2.53 bits per heavy atom. The van der Waals surface area contributed by atoms with Crippen molar-refractivity contribution in [3.05, 3.63) is 28.6 Å². The van der Waals surface area contributed by atoms with Crippen LogP contribution < -0.4 is 0 Å². The van der Waals surface area contributed by atoms with Crippen molar-refractivity contribution in [3.8, 4) is 0 Å². The van der Waals surface area contributed by atoms with Gasteiger partial charge in [-0.1, -0.05) is 0 Å². The van der Waals surface area contributed by atoms with Gasteiger partial charge in [0.05, 0.1) is 11.8 Å². The fourth-order valence-electron chi connectivity index (χ4n) is 1.03. The van der Waals surface area contributed by atoms with Crippen LogP contribution in [0.15, 0.2) is 23.1 Å². The molecule has 2 heterocycles. The molecular weight excluding hydrogens is 275 g/mol. The zero-order valence-corrected chi connectivity index (χ0v) is 8.67. The fraction of sp³-hybridized carbons (Fsp3) is 0.125. The Morgan fingerprint density at radius 1 is 1.13 bits per heavy atom. The second-order valence-electron chi connectivity index (χ2n) is 2.76. The summed E-state index contributed by atoms with van der Waals surface area (Å²) in [4.78, 5) is 11.2. The molecule has 7 heteroatoms. The summed E-state index contributed by atoms with van der Waals surface area (Å²) in [5.41, 5.74) is -0.531. The number of rotatable bonds is 0. The van der Waals surface area contributed by atoms with Crippen molar-refractivity contribution >= 4 is 27.1 Å². The highest BCUT2D eigenvalue weighted by atomic mass is 79.9. The monoisotopic (exact) mass is 277 g/mol. The zero-order valence-electron chi connectivity index (χ0n) is 7.09. The molecule has 0 saturated carbocycles. The second kappa shape index (κ2) is 3.41. The first kappa shape index (κ1) is 10.3. The minimum Gasteiger partial charge on any atom is -0.250 e. The van der Waals surface area contributed by atoms with Crippen molar-refractivity contribution < 1.29 is 13.2 Å². The first-order valence-electron chi connectivity index (χ1n) is 3.82. The first-order chi connectivity index (χ1) is 6.97. The third-order valence-corrected chi connectivity index (χ3v) is 2.08. The van der Waals surface area contributed by atoms with E-state index in [9.17, 15) is 13.2 Å². The quantitative estimate of drug-likeness (QED) is 0.743. The summed E-state index contributed by atoms with van der Waals surface area (Å²) in [6, 6.07) is 0.918. The maximum absolute atomic E-state index is 12.3. The lowest BCUT2D eigenvalue weighted by Gasteiger charge is -2.05. The molecule has 2 aromatic heterocycles. The van der Waals surface area contributed by atoms with Gasteiger partial charge in [0, 0.05) is 6.20 Å². The van der Waals surface area contributed by atoms with Crippen LogP contribution in [0, 0.1) is 0 Å². The molecule has 0 aliphatic carbocycles. The van der Waals surface area contributed by atoms with E-state index in [1.807, 2.05) is 0 Å². The highest BCUT2D eigenvalue weighted by Gasteiger charge is 2.31. The molecule has 0 atom stereocenters. The van der Waals surface area contributed by atoms with Crippen LogP contribution in [-0.4, -0.2) is 15.0 Å². The Kier molecular flexibility index (Phi) is 2.34. The first-order valence-corrected chi connectivity index (χ1v) is 4.61. The molecule has 0 saturated heterocycles. The van der Waals surface area contributed by atoms with Crippen LogP contribution >= 0.6 is 15.9 Å². The molecule has 0 spiro atoms. The topological polar surface area (TPSA) is 38.7 Å². The molecule has 0 bridgehead atoms. The lowest BCUT2D eigenvalue weighted by atomic mass is 10.2. The van der Waals surface area contributed by atoms with Gasteiger partial charge in [-0.05, 0) is 22.0 Å². The van der Waals surface area contributed by atoms with E-state index in [-0.39, 0.29) is 11.2 Å². The number of nitrogens with zero attached hydrogens (tertiary/aromatic N) is 3. The van der Waals surface area contributed by atoms with Gasteiger partial charge in [0.15, 0.2) is 5.65 Å². The summed E-state index contributed by atoms with van der Waals surface area (Å²) in [5.74, 6) is 0. The Balaban J connectivity index is 2.62. The van der Waals surface area contributed by atoms with Gasteiger partial charge in [-0.15, -0.1) is 0 Å². The number of fused-ring (bicyclic) bond motifs is 1. The molecule has 0 aliphatic rings. The standard InChI is InChI=1S/C8H3BrF3N3/c9-6-3-13-5-1-4(8(10,11)12)2-14-7(5)15-6/h1-3H. The van der Waals surface area contributed by atoms with Crippen molar-refractivity contribution in [1.82, 2.24) is 15.0 Å². The summed E-state index contributed by atoms with van der Waals surface area (Å²) in [5, 5.41) is 0. The largest absolute Gasteiger partial charge is 0.417 e. The van der Waals surface area contributed by atoms with E-state index in [0.717, 1.165) is 12.3 Å². The number of halogens is 4. The molecule has 0 fully saturated rings. The van der Waals surface area contributed by atoms with Crippen LogP contribution in [-0.2, 0) is 6.18 Å². The van der Waals surface area contributed by atoms with Crippen molar-refractivity contribution in [2.24, 2.45) is 0 Å². The van der Waals surface area contributed by atoms with E-state index in [4.69, 9.17) is 0 Å². The third kappa shape index (κ3) is 2.06. The Bertz CT molecular complexity index is 512. The Hall–Kier alpha value is -1.24. The maximum Gasteiger partial charge on any atom is 0.417 e. The summed E-state index contributed by atoms with van der Waals surface area (Å²) < 4.78 is 37.3. The van der Waals surface area contributed by atoms with E-state index in [1.54, 1.807) is 0 Å².